The first-order valence-electron chi connectivity index (χ1n) is 12.9. The van der Waals surface area contributed by atoms with E-state index < -0.39 is 69.3 Å². The molecule has 1 aliphatic heterocycles. The molecule has 0 N–H and O–H groups in total. The molecular formula is C25H33F6N3O5S. The lowest BCUT2D eigenvalue weighted by molar-refractivity contribution is -0.388. The molecule has 1 heterocycles. The van der Waals surface area contributed by atoms with Gasteiger partial charge in [-0.3, -0.25) is 14.9 Å². The number of hydrogen-bond acceptors (Lipinski definition) is 5. The first-order valence-corrected chi connectivity index (χ1v) is 14.4. The van der Waals surface area contributed by atoms with E-state index in [1.54, 1.807) is 0 Å². The first kappa shape index (κ1) is 33.7. The van der Waals surface area contributed by atoms with E-state index in [1.807, 2.05) is 0 Å². The summed E-state index contributed by atoms with van der Waals surface area (Å²) in [5.41, 5.74) is -4.46. The van der Waals surface area contributed by atoms with Gasteiger partial charge in [0.1, 0.15) is 22.6 Å². The number of nitrogens with zero attached hydrogens (tertiary/aromatic N) is 3. The lowest BCUT2D eigenvalue weighted by atomic mass is 10.0. The predicted molar refractivity (Wildman–Crippen MR) is 137 cm³/mol. The van der Waals surface area contributed by atoms with Crippen LogP contribution in [0.15, 0.2) is 18.2 Å². The molecule has 1 atom stereocenters. The number of nitro groups is 1. The molecule has 1 aliphatic rings. The predicted octanol–water partition coefficient (Wildman–Crippen LogP) is 6.98. The van der Waals surface area contributed by atoms with Crippen LogP contribution in [0.3, 0.4) is 0 Å². The summed E-state index contributed by atoms with van der Waals surface area (Å²) >= 11 is -1.26. The van der Waals surface area contributed by atoms with Gasteiger partial charge < -0.3 is 9.45 Å². The van der Waals surface area contributed by atoms with Crippen molar-refractivity contribution in [3.8, 4) is 0 Å². The molecule has 0 aromatic heterocycles. The number of imide groups is 1. The summed E-state index contributed by atoms with van der Waals surface area (Å²) in [5.74, 6) is -0.331. The van der Waals surface area contributed by atoms with Gasteiger partial charge in [0.25, 0.3) is 11.6 Å². The number of nitro benzene ring substituents is 1. The van der Waals surface area contributed by atoms with Gasteiger partial charge in [0.15, 0.2) is 0 Å². The summed E-state index contributed by atoms with van der Waals surface area (Å²) in [7, 11) is 0. The van der Waals surface area contributed by atoms with Crippen LogP contribution in [0.25, 0.3) is 0 Å². The van der Waals surface area contributed by atoms with E-state index in [4.69, 9.17) is 0 Å². The Hall–Kier alpha value is -2.55. The maximum atomic E-state index is 13.4. The maximum absolute atomic E-state index is 13.4. The normalized spacial score (nSPS) is 16.6. The number of halogens is 6. The minimum atomic E-state index is -5.06. The molecule has 1 fully saturated rings. The van der Waals surface area contributed by atoms with E-state index in [-0.39, 0.29) is 18.7 Å². The van der Waals surface area contributed by atoms with Gasteiger partial charge in [-0.15, -0.1) is 0 Å². The number of carbonyl (C=O) groups is 2. The molecule has 1 saturated heterocycles. The van der Waals surface area contributed by atoms with Crippen molar-refractivity contribution in [2.45, 2.75) is 89.5 Å². The molecule has 0 saturated carbocycles. The minimum absolute atomic E-state index is 0.0404. The third-order valence-electron chi connectivity index (χ3n) is 6.65. The summed E-state index contributed by atoms with van der Waals surface area (Å²) in [5, 5.41) is 11.0. The van der Waals surface area contributed by atoms with E-state index >= 15 is 0 Å². The molecule has 8 nitrogen and oxygen atoms in total. The number of unbranched alkanes of at least 4 members (excludes halogenated alkanes) is 6. The van der Waals surface area contributed by atoms with Crippen LogP contribution in [-0.2, 0) is 22.1 Å². The van der Waals surface area contributed by atoms with Crippen LogP contribution in [0.1, 0.15) is 77.2 Å². The van der Waals surface area contributed by atoms with Gasteiger partial charge in [0.2, 0.25) is 0 Å². The molecule has 3 amide bonds. The lowest BCUT2D eigenvalue weighted by Gasteiger charge is -2.27. The molecule has 15 heteroatoms. The first-order chi connectivity index (χ1) is 18.5. The average Bonchev–Trinajstić information content (AvgIpc) is 2.99. The van der Waals surface area contributed by atoms with Gasteiger partial charge in [-0.05, 0) is 45.2 Å². The van der Waals surface area contributed by atoms with Gasteiger partial charge in [-0.2, -0.15) is 26.3 Å². The fourth-order valence-corrected chi connectivity index (χ4v) is 5.64. The van der Waals surface area contributed by atoms with E-state index in [9.17, 15) is 50.6 Å². The van der Waals surface area contributed by atoms with Gasteiger partial charge in [-0.1, -0.05) is 36.9 Å². The maximum Gasteiger partial charge on any atom is 0.423 e. The number of carbonyl (C=O) groups excluding carboxylic acids is 2. The molecular weight excluding hydrogens is 568 g/mol. The van der Waals surface area contributed by atoms with Crippen molar-refractivity contribution >= 4 is 34.5 Å². The zero-order valence-corrected chi connectivity index (χ0v) is 23.1. The SMILES string of the molecule is CC1(C)C(=O)N(c2ccc([N+](=O)[O-])c(C(F)(F)F)c2)C(=O)N1CCCCCCCCC[S+]([O-])CCCC(F)(F)F. The van der Waals surface area contributed by atoms with Crippen LogP contribution in [0, 0.1) is 10.1 Å². The minimum Gasteiger partial charge on any atom is -0.616 e. The number of amides is 3. The molecule has 226 valence electrons. The van der Waals surface area contributed by atoms with Crippen molar-refractivity contribution in [1.82, 2.24) is 4.90 Å². The Morgan fingerprint density at radius 2 is 1.45 bits per heavy atom. The molecule has 1 aromatic carbocycles. The van der Waals surface area contributed by atoms with Crippen LogP contribution < -0.4 is 4.90 Å². The highest BCUT2D eigenvalue weighted by atomic mass is 32.2. The standard InChI is InChI=1S/C25H33F6N3O5S/c1-23(2)21(35)33(18-11-12-20(34(37)38)19(17-18)25(29,30)31)22(36)32(23)14-8-6-4-3-5-7-9-15-40(39)16-10-13-24(26,27)28/h11-12,17H,3-10,13-16H2,1-2H3. The summed E-state index contributed by atoms with van der Waals surface area (Å²) < 4.78 is 88.3. The second-order valence-electron chi connectivity index (χ2n) is 10.1. The highest BCUT2D eigenvalue weighted by Crippen LogP contribution is 2.40. The zero-order valence-electron chi connectivity index (χ0n) is 22.3. The second-order valence-corrected chi connectivity index (χ2v) is 11.8. The Bertz CT molecular complexity index is 1050. The van der Waals surface area contributed by atoms with E-state index in [2.05, 4.69) is 0 Å². The van der Waals surface area contributed by atoms with E-state index in [1.165, 1.54) is 18.7 Å². The number of rotatable bonds is 15. The molecule has 0 spiro atoms. The zero-order chi connectivity index (χ0) is 30.3. The molecule has 1 aromatic rings. The number of benzene rings is 1. The lowest BCUT2D eigenvalue weighted by Crippen LogP contribution is -2.44. The Kier molecular flexibility index (Phi) is 11.7. The summed E-state index contributed by atoms with van der Waals surface area (Å²) in [6.07, 6.45) is -5.15. The fraction of sp³-hybridized carbons (Fsp3) is 0.680. The Morgan fingerprint density at radius 1 is 0.900 bits per heavy atom. The number of urea groups is 1. The third-order valence-corrected chi connectivity index (χ3v) is 8.14. The number of hydrogen-bond donors (Lipinski definition) is 0. The fourth-order valence-electron chi connectivity index (χ4n) is 4.44. The number of alkyl halides is 6. The van der Waals surface area contributed by atoms with Crippen LogP contribution >= 0.6 is 0 Å². The Labute approximate surface area is 231 Å². The second kappa shape index (κ2) is 13.9. The summed E-state index contributed by atoms with van der Waals surface area (Å²) in [4.78, 5) is 37.8. The van der Waals surface area contributed by atoms with Crippen molar-refractivity contribution in [2.24, 2.45) is 0 Å². The summed E-state index contributed by atoms with van der Waals surface area (Å²) in [6.45, 7) is 3.15. The third kappa shape index (κ3) is 9.25. The Balaban J connectivity index is 1.81. The van der Waals surface area contributed by atoms with Crippen molar-refractivity contribution in [3.05, 3.63) is 33.9 Å². The topological polar surface area (TPSA) is 107 Å². The molecule has 0 aliphatic carbocycles. The van der Waals surface area contributed by atoms with Crippen LogP contribution in [0.5, 0.6) is 0 Å². The van der Waals surface area contributed by atoms with Crippen molar-refractivity contribution in [3.63, 3.8) is 0 Å². The van der Waals surface area contributed by atoms with E-state index in [0.717, 1.165) is 31.7 Å². The monoisotopic (exact) mass is 601 g/mol. The largest absolute Gasteiger partial charge is 0.616 e. The molecule has 0 bridgehead atoms. The summed E-state index contributed by atoms with van der Waals surface area (Å²) in [6, 6.07) is 1.20. The number of anilines is 1. The van der Waals surface area contributed by atoms with Crippen molar-refractivity contribution in [1.29, 1.82) is 0 Å². The van der Waals surface area contributed by atoms with E-state index in [0.29, 0.717) is 42.0 Å². The highest BCUT2D eigenvalue weighted by molar-refractivity contribution is 7.91. The van der Waals surface area contributed by atoms with Crippen LogP contribution in [0.4, 0.5) is 42.5 Å². The van der Waals surface area contributed by atoms with Crippen molar-refractivity contribution in [2.75, 3.05) is 23.0 Å². The van der Waals surface area contributed by atoms with Gasteiger partial charge >= 0.3 is 18.4 Å². The van der Waals surface area contributed by atoms with Crippen LogP contribution in [0.2, 0.25) is 0 Å². The molecule has 0 radical (unpaired) electrons. The van der Waals surface area contributed by atoms with Crippen molar-refractivity contribution < 1.29 is 45.4 Å². The van der Waals surface area contributed by atoms with Gasteiger partial charge in [0.05, 0.1) is 10.6 Å². The molecule has 1 unspecified atom stereocenters. The Morgan fingerprint density at radius 3 is 2.00 bits per heavy atom. The average molecular weight is 602 g/mol. The van der Waals surface area contributed by atoms with Gasteiger partial charge in [0, 0.05) is 25.5 Å². The highest BCUT2D eigenvalue weighted by Gasteiger charge is 2.52. The molecule has 40 heavy (non-hydrogen) atoms. The quantitative estimate of drug-likeness (QED) is 0.0538. The van der Waals surface area contributed by atoms with Crippen LogP contribution in [-0.4, -0.2) is 56.1 Å². The van der Waals surface area contributed by atoms with Gasteiger partial charge in [-0.25, -0.2) is 9.69 Å². The smallest absolute Gasteiger partial charge is 0.423 e. The molecule has 2 rings (SSSR count).